The van der Waals surface area contributed by atoms with Gasteiger partial charge in [-0.3, -0.25) is 4.68 Å². The number of aromatic nitrogens is 3. The third-order valence-electron chi connectivity index (χ3n) is 3.89. The smallest absolute Gasteiger partial charge is 0.108 e. The van der Waals surface area contributed by atoms with E-state index in [1.165, 1.54) is 0 Å². The van der Waals surface area contributed by atoms with Gasteiger partial charge >= 0.3 is 0 Å². The molecule has 1 aromatic heterocycles. The number of methoxy groups -OCH3 is 1. The molecule has 9 heteroatoms. The molecule has 0 radical (unpaired) electrons. The topological polar surface area (TPSA) is 92.4 Å². The molecule has 23 heavy (non-hydrogen) atoms. The fraction of sp³-hybridized carbons (Fsp3) is 0.857. The minimum atomic E-state index is -0.732. The molecule has 0 aliphatic heterocycles. The Labute approximate surface area is 149 Å². The van der Waals surface area contributed by atoms with Crippen molar-refractivity contribution in [3.63, 3.8) is 0 Å². The van der Waals surface area contributed by atoms with Crippen molar-refractivity contribution >= 4 is 24.8 Å². The molecule has 1 fully saturated rings. The van der Waals surface area contributed by atoms with Crippen molar-refractivity contribution in [2.24, 2.45) is 11.8 Å². The molecule has 136 valence electrons. The van der Waals surface area contributed by atoms with Crippen molar-refractivity contribution in [1.29, 1.82) is 0 Å². The summed E-state index contributed by atoms with van der Waals surface area (Å²) < 4.78 is 6.71. The number of aliphatic hydroxyl groups is 2. The minimum absolute atomic E-state index is 0. The predicted octanol–water partition coefficient (Wildman–Crippen LogP) is 0.624. The van der Waals surface area contributed by atoms with Crippen molar-refractivity contribution < 1.29 is 14.9 Å². The van der Waals surface area contributed by atoms with Crippen LogP contribution in [0.2, 0.25) is 0 Å². The zero-order valence-corrected chi connectivity index (χ0v) is 15.4. The number of nitrogens with zero attached hydrogens (tertiary/aromatic N) is 3. The molecule has 0 saturated heterocycles. The quantitative estimate of drug-likeness (QED) is 0.651. The van der Waals surface area contributed by atoms with Gasteiger partial charge in [-0.2, -0.15) is 0 Å². The number of hydrogen-bond donors (Lipinski definition) is 3. The third-order valence-corrected chi connectivity index (χ3v) is 3.89. The summed E-state index contributed by atoms with van der Waals surface area (Å²) >= 11 is 0. The first-order chi connectivity index (χ1) is 10.0. The first kappa shape index (κ1) is 22.6. The average Bonchev–Trinajstić information content (AvgIpc) is 2.97. The maximum Gasteiger partial charge on any atom is 0.108 e. The summed E-state index contributed by atoms with van der Waals surface area (Å²) in [5.74, 6) is 0.488. The van der Waals surface area contributed by atoms with E-state index >= 15 is 0 Å². The summed E-state index contributed by atoms with van der Waals surface area (Å²) in [4.78, 5) is 0. The van der Waals surface area contributed by atoms with E-state index < -0.39 is 12.2 Å². The standard InChI is InChI=1S/C14H26N4O3.2ClH/c1-9(2)5-15-12-4-10(13(19)14(12)20)6-18-7-11(8-21-3)16-17-18;;/h7,9-10,12-15,19-20H,4-6,8H2,1-3H3;2*1H/t10-,12-,13-,14+;;/m1../s1. The lowest BCUT2D eigenvalue weighted by atomic mass is 10.1. The van der Waals surface area contributed by atoms with Crippen molar-refractivity contribution in [3.05, 3.63) is 11.9 Å². The fourth-order valence-electron chi connectivity index (χ4n) is 2.78. The number of ether oxygens (including phenoxy) is 1. The van der Waals surface area contributed by atoms with Gasteiger partial charge < -0.3 is 20.3 Å². The Morgan fingerprint density at radius 1 is 1.35 bits per heavy atom. The van der Waals surface area contributed by atoms with Gasteiger partial charge in [-0.15, -0.1) is 29.9 Å². The summed E-state index contributed by atoms with van der Waals surface area (Å²) in [6.45, 7) is 6.05. The molecule has 0 aromatic carbocycles. The number of nitrogens with one attached hydrogen (secondary N) is 1. The molecule has 1 heterocycles. The highest BCUT2D eigenvalue weighted by atomic mass is 35.5. The largest absolute Gasteiger partial charge is 0.390 e. The van der Waals surface area contributed by atoms with Gasteiger partial charge in [0.25, 0.3) is 0 Å². The molecule has 0 spiro atoms. The number of halogens is 2. The molecule has 1 aliphatic carbocycles. The Morgan fingerprint density at radius 3 is 2.65 bits per heavy atom. The van der Waals surface area contributed by atoms with Crippen LogP contribution in [-0.2, 0) is 17.9 Å². The molecule has 7 nitrogen and oxygen atoms in total. The maximum absolute atomic E-state index is 10.2. The van der Waals surface area contributed by atoms with E-state index in [1.54, 1.807) is 11.8 Å². The highest BCUT2D eigenvalue weighted by Gasteiger charge is 2.41. The Balaban J connectivity index is 0.00000242. The second-order valence-electron chi connectivity index (χ2n) is 6.25. The van der Waals surface area contributed by atoms with E-state index in [0.717, 1.165) is 18.7 Å². The van der Waals surface area contributed by atoms with Gasteiger partial charge in [-0.05, 0) is 18.9 Å². The second kappa shape index (κ2) is 10.4. The molecule has 3 N–H and O–H groups in total. The van der Waals surface area contributed by atoms with Gasteiger partial charge in [0.2, 0.25) is 0 Å². The van der Waals surface area contributed by atoms with Crippen LogP contribution in [0.25, 0.3) is 0 Å². The number of hydrogen-bond acceptors (Lipinski definition) is 6. The normalized spacial score (nSPS) is 26.9. The van der Waals surface area contributed by atoms with Crippen LogP contribution in [0.4, 0.5) is 0 Å². The molecule has 1 aromatic rings. The van der Waals surface area contributed by atoms with Crippen LogP contribution in [0, 0.1) is 11.8 Å². The Bertz CT molecular complexity index is 447. The number of rotatable bonds is 7. The molecular weight excluding hydrogens is 343 g/mol. The van der Waals surface area contributed by atoms with Crippen LogP contribution in [-0.4, -0.2) is 57.1 Å². The predicted molar refractivity (Wildman–Crippen MR) is 92.0 cm³/mol. The molecule has 1 aliphatic rings. The average molecular weight is 371 g/mol. The molecule has 4 atom stereocenters. The van der Waals surface area contributed by atoms with Gasteiger partial charge in [0.15, 0.2) is 0 Å². The summed E-state index contributed by atoms with van der Waals surface area (Å²) in [6, 6.07) is -0.0608. The van der Waals surface area contributed by atoms with E-state index in [2.05, 4.69) is 29.5 Å². The molecule has 0 bridgehead atoms. The van der Waals surface area contributed by atoms with E-state index in [9.17, 15) is 10.2 Å². The first-order valence-corrected chi connectivity index (χ1v) is 7.48. The van der Waals surface area contributed by atoms with Crippen molar-refractivity contribution in [2.45, 2.75) is 51.7 Å². The van der Waals surface area contributed by atoms with Crippen LogP contribution in [0.3, 0.4) is 0 Å². The lowest BCUT2D eigenvalue weighted by molar-refractivity contribution is 0.00716. The molecule has 0 amide bonds. The Hall–Kier alpha value is -0.440. The molecule has 2 rings (SSSR count). The van der Waals surface area contributed by atoms with E-state index in [1.807, 2.05) is 6.20 Å². The third kappa shape index (κ3) is 6.17. The molecular formula is C14H28Cl2N4O3. The summed E-state index contributed by atoms with van der Waals surface area (Å²) in [5.41, 5.74) is 0.764. The lowest BCUT2D eigenvalue weighted by Gasteiger charge is -2.19. The van der Waals surface area contributed by atoms with Gasteiger partial charge in [0.05, 0.1) is 25.0 Å². The van der Waals surface area contributed by atoms with Gasteiger partial charge in [0, 0.05) is 25.6 Å². The fourth-order valence-corrected chi connectivity index (χ4v) is 2.78. The van der Waals surface area contributed by atoms with E-state index in [-0.39, 0.29) is 36.8 Å². The molecule has 1 saturated carbocycles. The summed E-state index contributed by atoms with van der Waals surface area (Å²) in [5, 5.41) is 31.7. The SMILES string of the molecule is COCc1cn(C[C@H]2C[C@@H](NCC(C)C)[C@H](O)[C@@H]2O)nn1.Cl.Cl. The minimum Gasteiger partial charge on any atom is -0.390 e. The van der Waals surface area contributed by atoms with Gasteiger partial charge in [0.1, 0.15) is 5.69 Å². The zero-order chi connectivity index (χ0) is 15.4. The monoisotopic (exact) mass is 370 g/mol. The van der Waals surface area contributed by atoms with E-state index in [0.29, 0.717) is 19.1 Å². The lowest BCUT2D eigenvalue weighted by Crippen LogP contribution is -2.41. The summed E-state index contributed by atoms with van der Waals surface area (Å²) in [6.07, 6.45) is 1.09. The number of aliphatic hydroxyl groups excluding tert-OH is 2. The first-order valence-electron chi connectivity index (χ1n) is 7.48. The van der Waals surface area contributed by atoms with Crippen molar-refractivity contribution in [3.8, 4) is 0 Å². The molecule has 0 unspecified atom stereocenters. The van der Waals surface area contributed by atoms with Crippen LogP contribution >= 0.6 is 24.8 Å². The Kier molecular flexibility index (Phi) is 10.2. The zero-order valence-electron chi connectivity index (χ0n) is 13.8. The van der Waals surface area contributed by atoms with Crippen LogP contribution in [0.15, 0.2) is 6.20 Å². The highest BCUT2D eigenvalue weighted by Crippen LogP contribution is 2.28. The van der Waals surface area contributed by atoms with Crippen LogP contribution in [0.1, 0.15) is 26.0 Å². The van der Waals surface area contributed by atoms with Crippen molar-refractivity contribution in [2.75, 3.05) is 13.7 Å². The van der Waals surface area contributed by atoms with Crippen LogP contribution in [0.5, 0.6) is 0 Å². The summed E-state index contributed by atoms with van der Waals surface area (Å²) in [7, 11) is 1.61. The van der Waals surface area contributed by atoms with Gasteiger partial charge in [-0.25, -0.2) is 0 Å². The van der Waals surface area contributed by atoms with Crippen molar-refractivity contribution in [1.82, 2.24) is 20.3 Å². The van der Waals surface area contributed by atoms with E-state index in [4.69, 9.17) is 4.74 Å². The highest BCUT2D eigenvalue weighted by molar-refractivity contribution is 5.85. The van der Waals surface area contributed by atoms with Crippen LogP contribution < -0.4 is 5.32 Å². The Morgan fingerprint density at radius 2 is 2.04 bits per heavy atom. The van der Waals surface area contributed by atoms with Gasteiger partial charge in [-0.1, -0.05) is 19.1 Å². The second-order valence-corrected chi connectivity index (χ2v) is 6.25. The maximum atomic E-state index is 10.2.